The molecule has 0 aromatic rings. The average Bonchev–Trinajstić information content (AvgIpc) is 2.91. The summed E-state index contributed by atoms with van der Waals surface area (Å²) in [6, 6.07) is 0.269. The minimum absolute atomic E-state index is 0.108. The summed E-state index contributed by atoms with van der Waals surface area (Å²) in [4.78, 5) is 18.0. The van der Waals surface area contributed by atoms with Crippen molar-refractivity contribution in [3.8, 4) is 0 Å². The average molecular weight is 322 g/mol. The minimum atomic E-state index is -0.216. The van der Waals surface area contributed by atoms with Gasteiger partial charge in [0.2, 0.25) is 5.91 Å². The largest absolute Gasteiger partial charge is 0.353 e. The lowest BCUT2D eigenvalue weighted by molar-refractivity contribution is -0.133. The molecule has 3 fully saturated rings. The normalized spacial score (nSPS) is 37.7. The summed E-state index contributed by atoms with van der Waals surface area (Å²) in [6.45, 7) is 12.9. The number of hydrogen-bond donors (Lipinski definition) is 2. The van der Waals surface area contributed by atoms with Crippen LogP contribution in [0.4, 0.5) is 0 Å². The Balaban J connectivity index is 1.73. The number of likely N-dealkylation sites (tertiary alicyclic amines) is 2. The van der Waals surface area contributed by atoms with Crippen LogP contribution in [-0.4, -0.2) is 73.1 Å². The first-order valence-corrected chi connectivity index (χ1v) is 9.01. The summed E-state index contributed by atoms with van der Waals surface area (Å²) < 4.78 is 0. The van der Waals surface area contributed by atoms with Crippen molar-refractivity contribution in [2.24, 2.45) is 11.3 Å². The number of amides is 1. The molecule has 0 aliphatic carbocycles. The number of fused-ring (bicyclic) bond motifs is 1. The van der Waals surface area contributed by atoms with Crippen LogP contribution in [0.1, 0.15) is 40.5 Å². The van der Waals surface area contributed by atoms with Gasteiger partial charge in [-0.3, -0.25) is 9.69 Å². The van der Waals surface area contributed by atoms with Crippen molar-refractivity contribution in [3.05, 3.63) is 0 Å². The highest BCUT2D eigenvalue weighted by atomic mass is 16.2. The van der Waals surface area contributed by atoms with E-state index in [2.05, 4.69) is 62.2 Å². The molecular formula is C18H34N4O. The van der Waals surface area contributed by atoms with Crippen LogP contribution in [0.25, 0.3) is 0 Å². The highest BCUT2D eigenvalue weighted by Gasteiger charge is 2.54. The second-order valence-corrected chi connectivity index (χ2v) is 9.44. The summed E-state index contributed by atoms with van der Waals surface area (Å²) in [7, 11) is 4.34. The number of hydrogen-bond acceptors (Lipinski definition) is 4. The summed E-state index contributed by atoms with van der Waals surface area (Å²) >= 11 is 0. The van der Waals surface area contributed by atoms with Gasteiger partial charge in [0.05, 0.1) is 5.41 Å². The maximum Gasteiger partial charge on any atom is 0.229 e. The third kappa shape index (κ3) is 2.81. The Morgan fingerprint density at radius 1 is 1.13 bits per heavy atom. The van der Waals surface area contributed by atoms with Crippen LogP contribution in [0, 0.1) is 11.3 Å². The van der Waals surface area contributed by atoms with Crippen LogP contribution in [0.5, 0.6) is 0 Å². The maximum absolute atomic E-state index is 13.2. The molecule has 3 aliphatic heterocycles. The Labute approximate surface area is 141 Å². The van der Waals surface area contributed by atoms with Gasteiger partial charge in [0.15, 0.2) is 0 Å². The van der Waals surface area contributed by atoms with Crippen molar-refractivity contribution in [2.75, 3.05) is 40.3 Å². The third-order valence-electron chi connectivity index (χ3n) is 6.79. The van der Waals surface area contributed by atoms with Gasteiger partial charge in [-0.25, -0.2) is 0 Å². The lowest BCUT2D eigenvalue weighted by Crippen LogP contribution is -2.63. The predicted octanol–water partition coefficient (Wildman–Crippen LogP) is 0.905. The summed E-state index contributed by atoms with van der Waals surface area (Å²) in [5.74, 6) is 0.734. The molecule has 0 spiro atoms. The van der Waals surface area contributed by atoms with E-state index in [1.165, 1.54) is 0 Å². The van der Waals surface area contributed by atoms with Crippen LogP contribution >= 0.6 is 0 Å². The maximum atomic E-state index is 13.2. The number of carbonyl (C=O) groups is 1. The predicted molar refractivity (Wildman–Crippen MR) is 93.4 cm³/mol. The molecule has 3 heterocycles. The molecule has 0 radical (unpaired) electrons. The van der Waals surface area contributed by atoms with Crippen molar-refractivity contribution in [1.29, 1.82) is 0 Å². The molecule has 0 aromatic carbocycles. The zero-order chi connectivity index (χ0) is 17.0. The van der Waals surface area contributed by atoms with Crippen molar-refractivity contribution < 1.29 is 4.79 Å². The van der Waals surface area contributed by atoms with Crippen molar-refractivity contribution in [2.45, 2.75) is 57.7 Å². The molecule has 23 heavy (non-hydrogen) atoms. The van der Waals surface area contributed by atoms with E-state index in [-0.39, 0.29) is 28.4 Å². The fraction of sp³-hybridized carbons (Fsp3) is 0.944. The van der Waals surface area contributed by atoms with Crippen LogP contribution in [0.15, 0.2) is 0 Å². The summed E-state index contributed by atoms with van der Waals surface area (Å²) in [6.07, 6.45) is 2.03. The molecule has 0 bridgehead atoms. The van der Waals surface area contributed by atoms with Gasteiger partial charge in [-0.2, -0.15) is 0 Å². The Morgan fingerprint density at radius 3 is 2.35 bits per heavy atom. The van der Waals surface area contributed by atoms with Crippen LogP contribution in [0.2, 0.25) is 0 Å². The third-order valence-corrected chi connectivity index (χ3v) is 6.79. The van der Waals surface area contributed by atoms with E-state index >= 15 is 0 Å². The van der Waals surface area contributed by atoms with Crippen molar-refractivity contribution >= 4 is 5.91 Å². The Hall–Kier alpha value is -0.650. The number of nitrogens with zero attached hydrogens (tertiary/aromatic N) is 2. The SMILES string of the molecule is CN1C[C@H]2CNC[C@@]2(C(=O)NC2CC(C)(C)N(C)C(C)(C)C2)C1. The van der Waals surface area contributed by atoms with Gasteiger partial charge in [-0.15, -0.1) is 0 Å². The number of carbonyl (C=O) groups excluding carboxylic acids is 1. The highest BCUT2D eigenvalue weighted by molar-refractivity contribution is 5.84. The zero-order valence-electron chi connectivity index (χ0n) is 15.7. The summed E-state index contributed by atoms with van der Waals surface area (Å²) in [5.41, 5.74) is 0.000696. The van der Waals surface area contributed by atoms with Gasteiger partial charge < -0.3 is 15.5 Å². The number of nitrogens with one attached hydrogen (secondary N) is 2. The van der Waals surface area contributed by atoms with E-state index in [0.29, 0.717) is 5.92 Å². The smallest absolute Gasteiger partial charge is 0.229 e. The first kappa shape index (κ1) is 17.2. The van der Waals surface area contributed by atoms with Crippen LogP contribution < -0.4 is 10.6 Å². The van der Waals surface area contributed by atoms with Crippen molar-refractivity contribution in [3.63, 3.8) is 0 Å². The Bertz CT molecular complexity index is 471. The second-order valence-electron chi connectivity index (χ2n) is 9.44. The van der Waals surface area contributed by atoms with E-state index in [9.17, 15) is 4.79 Å². The van der Waals surface area contributed by atoms with Gasteiger partial charge in [-0.1, -0.05) is 0 Å². The minimum Gasteiger partial charge on any atom is -0.353 e. The number of rotatable bonds is 2. The van der Waals surface area contributed by atoms with Crippen LogP contribution in [-0.2, 0) is 4.79 Å². The highest BCUT2D eigenvalue weighted by Crippen LogP contribution is 2.40. The van der Waals surface area contributed by atoms with E-state index < -0.39 is 0 Å². The van der Waals surface area contributed by atoms with Gasteiger partial charge in [0.1, 0.15) is 0 Å². The number of piperidine rings is 1. The fourth-order valence-electron chi connectivity index (χ4n) is 5.30. The van der Waals surface area contributed by atoms with Gasteiger partial charge in [0, 0.05) is 49.2 Å². The molecule has 2 N–H and O–H groups in total. The van der Waals surface area contributed by atoms with E-state index in [1.54, 1.807) is 0 Å². The molecule has 5 nitrogen and oxygen atoms in total. The molecule has 2 atom stereocenters. The van der Waals surface area contributed by atoms with Gasteiger partial charge in [0.25, 0.3) is 0 Å². The molecule has 0 aromatic heterocycles. The van der Waals surface area contributed by atoms with E-state index in [4.69, 9.17) is 0 Å². The molecule has 1 amide bonds. The molecule has 3 aliphatic rings. The standard InChI is InChI=1S/C18H34N4O/c1-16(2)7-14(8-17(3,4)22(16)6)20-15(23)18-11-19-9-13(18)10-21(5)12-18/h13-14,19H,7-12H2,1-6H3,(H,20,23)/t13-,18-/m1/s1. The topological polar surface area (TPSA) is 47.6 Å². The van der Waals surface area contributed by atoms with Gasteiger partial charge in [-0.05, 0) is 54.6 Å². The molecule has 132 valence electrons. The monoisotopic (exact) mass is 322 g/mol. The lowest BCUT2D eigenvalue weighted by Gasteiger charge is -2.54. The molecule has 5 heteroatoms. The molecule has 0 saturated carbocycles. The molecule has 3 saturated heterocycles. The molecule has 0 unspecified atom stereocenters. The molecule has 3 rings (SSSR count). The first-order chi connectivity index (χ1) is 10.6. The Kier molecular flexibility index (Phi) is 4.06. The second kappa shape index (κ2) is 5.43. The Morgan fingerprint density at radius 2 is 1.74 bits per heavy atom. The van der Waals surface area contributed by atoms with Gasteiger partial charge >= 0.3 is 0 Å². The van der Waals surface area contributed by atoms with E-state index in [1.807, 2.05) is 0 Å². The quantitative estimate of drug-likeness (QED) is 0.793. The summed E-state index contributed by atoms with van der Waals surface area (Å²) in [5, 5.41) is 6.89. The van der Waals surface area contributed by atoms with Crippen LogP contribution in [0.3, 0.4) is 0 Å². The van der Waals surface area contributed by atoms with E-state index in [0.717, 1.165) is 39.0 Å². The zero-order valence-corrected chi connectivity index (χ0v) is 15.7. The fourth-order valence-corrected chi connectivity index (χ4v) is 5.30. The first-order valence-electron chi connectivity index (χ1n) is 9.01. The van der Waals surface area contributed by atoms with Crippen molar-refractivity contribution in [1.82, 2.24) is 20.4 Å². The molecular weight excluding hydrogens is 288 g/mol. The lowest BCUT2D eigenvalue weighted by atomic mass is 9.76.